The van der Waals surface area contributed by atoms with E-state index in [1.807, 2.05) is 0 Å². The van der Waals surface area contributed by atoms with Gasteiger partial charge in [-0.3, -0.25) is 0 Å². The van der Waals surface area contributed by atoms with Crippen molar-refractivity contribution in [3.63, 3.8) is 0 Å². The van der Waals surface area contributed by atoms with Gasteiger partial charge in [-0.15, -0.1) is 0 Å². The van der Waals surface area contributed by atoms with Crippen molar-refractivity contribution in [1.29, 1.82) is 0 Å². The highest BCUT2D eigenvalue weighted by atomic mass is 35.5. The molecule has 0 spiro atoms. The zero-order chi connectivity index (χ0) is 17.0. The van der Waals surface area contributed by atoms with E-state index in [2.05, 4.69) is 10.6 Å². The summed E-state index contributed by atoms with van der Waals surface area (Å²) in [5.74, 6) is -1.64. The van der Waals surface area contributed by atoms with Crippen LogP contribution in [0.25, 0.3) is 0 Å². The van der Waals surface area contributed by atoms with Gasteiger partial charge in [-0.25, -0.2) is 13.6 Å². The maximum atomic E-state index is 13.5. The molecule has 0 fully saturated rings. The van der Waals surface area contributed by atoms with Gasteiger partial charge in [0.15, 0.2) is 0 Å². The molecule has 0 unspecified atom stereocenters. The fourth-order valence-corrected chi connectivity index (χ4v) is 2.19. The number of aliphatic hydroxyl groups excluding tert-OH is 1. The molecule has 0 aliphatic carbocycles. The monoisotopic (exact) mass is 360 g/mol. The Morgan fingerprint density at radius 1 is 1.22 bits per heavy atom. The van der Waals surface area contributed by atoms with Crippen molar-refractivity contribution in [2.24, 2.45) is 0 Å². The molecule has 122 valence electrons. The summed E-state index contributed by atoms with van der Waals surface area (Å²) in [4.78, 5) is 11.8. The minimum absolute atomic E-state index is 0.118. The van der Waals surface area contributed by atoms with Crippen LogP contribution in [-0.2, 0) is 0 Å². The molecule has 2 amide bonds. The largest absolute Gasteiger partial charge is 0.386 e. The zero-order valence-corrected chi connectivity index (χ0v) is 13.1. The first kappa shape index (κ1) is 17.5. The Hall–Kier alpha value is -1.89. The lowest BCUT2D eigenvalue weighted by Gasteiger charge is -2.14. The van der Waals surface area contributed by atoms with Crippen LogP contribution < -0.4 is 10.6 Å². The van der Waals surface area contributed by atoms with Crippen molar-refractivity contribution in [1.82, 2.24) is 5.32 Å². The second kappa shape index (κ2) is 7.59. The molecule has 23 heavy (non-hydrogen) atoms. The summed E-state index contributed by atoms with van der Waals surface area (Å²) < 4.78 is 26.3. The molecule has 0 saturated heterocycles. The summed E-state index contributed by atoms with van der Waals surface area (Å²) in [6, 6.07) is 6.85. The topological polar surface area (TPSA) is 61.4 Å². The number of aliphatic hydroxyl groups is 1. The summed E-state index contributed by atoms with van der Waals surface area (Å²) in [5.41, 5.74) is 0.173. The second-order valence-electron chi connectivity index (χ2n) is 4.62. The smallest absolute Gasteiger partial charge is 0.319 e. The molecule has 2 aromatic rings. The minimum atomic E-state index is -1.32. The number of rotatable bonds is 4. The Morgan fingerprint density at radius 3 is 2.65 bits per heavy atom. The minimum Gasteiger partial charge on any atom is -0.386 e. The third kappa shape index (κ3) is 4.54. The van der Waals surface area contributed by atoms with E-state index in [9.17, 15) is 18.7 Å². The molecule has 0 saturated carbocycles. The summed E-state index contributed by atoms with van der Waals surface area (Å²) in [5, 5.41) is 15.1. The number of amides is 2. The fourth-order valence-electron chi connectivity index (χ4n) is 1.84. The fraction of sp³-hybridized carbons (Fsp3) is 0.133. The standard InChI is InChI=1S/C15H12Cl2F2N2O2/c16-10-2-1-3-12(14(10)17)21-15(23)20-7-13(22)9-5-4-8(18)6-11(9)19/h1-6,13,22H,7H2,(H2,20,21,23)/t13-/m1/s1. The number of carbonyl (C=O) groups is 1. The van der Waals surface area contributed by atoms with Gasteiger partial charge in [0, 0.05) is 18.2 Å². The van der Waals surface area contributed by atoms with E-state index >= 15 is 0 Å². The predicted octanol–water partition coefficient (Wildman–Crippen LogP) is 4.13. The van der Waals surface area contributed by atoms with Gasteiger partial charge in [0.2, 0.25) is 0 Å². The van der Waals surface area contributed by atoms with Gasteiger partial charge >= 0.3 is 6.03 Å². The molecule has 2 rings (SSSR count). The highest BCUT2D eigenvalue weighted by molar-refractivity contribution is 6.43. The molecule has 1 atom stereocenters. The molecule has 0 radical (unpaired) electrons. The van der Waals surface area contributed by atoms with E-state index in [4.69, 9.17) is 23.2 Å². The molecule has 0 aromatic heterocycles. The SMILES string of the molecule is O=C(NC[C@@H](O)c1ccc(F)cc1F)Nc1cccc(Cl)c1Cl. The second-order valence-corrected chi connectivity index (χ2v) is 5.40. The number of nitrogens with one attached hydrogen (secondary N) is 2. The van der Waals surface area contributed by atoms with Crippen LogP contribution >= 0.6 is 23.2 Å². The molecule has 2 aromatic carbocycles. The van der Waals surface area contributed by atoms with E-state index in [1.165, 1.54) is 0 Å². The van der Waals surface area contributed by atoms with Crippen LogP contribution in [0, 0.1) is 11.6 Å². The summed E-state index contributed by atoms with van der Waals surface area (Å²) in [6.07, 6.45) is -1.32. The van der Waals surface area contributed by atoms with Gasteiger partial charge in [-0.05, 0) is 18.2 Å². The molecule has 3 N–H and O–H groups in total. The maximum Gasteiger partial charge on any atom is 0.319 e. The van der Waals surface area contributed by atoms with Crippen molar-refractivity contribution in [2.45, 2.75) is 6.10 Å². The molecule has 0 heterocycles. The Morgan fingerprint density at radius 2 is 1.96 bits per heavy atom. The molecule has 4 nitrogen and oxygen atoms in total. The average Bonchev–Trinajstić information content (AvgIpc) is 2.49. The van der Waals surface area contributed by atoms with Crippen LogP contribution in [0.1, 0.15) is 11.7 Å². The van der Waals surface area contributed by atoms with E-state index < -0.39 is 23.8 Å². The van der Waals surface area contributed by atoms with Crippen molar-refractivity contribution >= 4 is 34.9 Å². The first-order chi connectivity index (χ1) is 10.9. The van der Waals surface area contributed by atoms with Crippen molar-refractivity contribution in [3.8, 4) is 0 Å². The Balaban J connectivity index is 1.95. The highest BCUT2D eigenvalue weighted by Crippen LogP contribution is 2.29. The molecule has 8 heteroatoms. The van der Waals surface area contributed by atoms with Crippen molar-refractivity contribution in [2.75, 3.05) is 11.9 Å². The van der Waals surface area contributed by atoms with E-state index in [-0.39, 0.29) is 22.2 Å². The van der Waals surface area contributed by atoms with Crippen molar-refractivity contribution < 1.29 is 18.7 Å². The summed E-state index contributed by atoms with van der Waals surface area (Å²) >= 11 is 11.7. The number of hydrogen-bond donors (Lipinski definition) is 3. The van der Waals surface area contributed by atoms with Crippen LogP contribution in [-0.4, -0.2) is 17.7 Å². The average molecular weight is 361 g/mol. The highest BCUT2D eigenvalue weighted by Gasteiger charge is 2.15. The summed E-state index contributed by atoms with van der Waals surface area (Å²) in [6.45, 7) is -0.271. The predicted molar refractivity (Wildman–Crippen MR) is 84.8 cm³/mol. The van der Waals surface area contributed by atoms with Crippen LogP contribution in [0.4, 0.5) is 19.3 Å². The van der Waals surface area contributed by atoms with Crippen LogP contribution in [0.5, 0.6) is 0 Å². The Bertz CT molecular complexity index is 729. The van der Waals surface area contributed by atoms with Gasteiger partial charge in [-0.2, -0.15) is 0 Å². The van der Waals surface area contributed by atoms with Crippen LogP contribution in [0.3, 0.4) is 0 Å². The lowest BCUT2D eigenvalue weighted by atomic mass is 10.1. The Kier molecular flexibility index (Phi) is 5.76. The molecular formula is C15H12Cl2F2N2O2. The van der Waals surface area contributed by atoms with E-state index in [1.54, 1.807) is 18.2 Å². The maximum absolute atomic E-state index is 13.5. The van der Waals surface area contributed by atoms with Gasteiger partial charge in [0.05, 0.1) is 21.8 Å². The number of benzene rings is 2. The third-order valence-electron chi connectivity index (χ3n) is 2.98. The van der Waals surface area contributed by atoms with Crippen LogP contribution in [0.2, 0.25) is 10.0 Å². The molecule has 0 bridgehead atoms. The van der Waals surface area contributed by atoms with Crippen LogP contribution in [0.15, 0.2) is 36.4 Å². The zero-order valence-electron chi connectivity index (χ0n) is 11.6. The number of hydrogen-bond acceptors (Lipinski definition) is 2. The number of urea groups is 1. The first-order valence-electron chi connectivity index (χ1n) is 6.50. The number of anilines is 1. The number of carbonyl (C=O) groups excluding carboxylic acids is 1. The van der Waals surface area contributed by atoms with Gasteiger partial charge in [0.25, 0.3) is 0 Å². The van der Waals surface area contributed by atoms with Gasteiger partial charge < -0.3 is 15.7 Å². The lowest BCUT2D eigenvalue weighted by Crippen LogP contribution is -2.32. The van der Waals surface area contributed by atoms with Crippen molar-refractivity contribution in [3.05, 3.63) is 63.6 Å². The summed E-state index contributed by atoms with van der Waals surface area (Å²) in [7, 11) is 0. The quantitative estimate of drug-likeness (QED) is 0.767. The van der Waals surface area contributed by atoms with E-state index in [0.29, 0.717) is 11.8 Å². The molecular weight excluding hydrogens is 349 g/mol. The first-order valence-corrected chi connectivity index (χ1v) is 7.26. The Labute approximate surface area is 141 Å². The molecule has 0 aliphatic heterocycles. The molecule has 0 aliphatic rings. The third-order valence-corrected chi connectivity index (χ3v) is 3.80. The van der Waals surface area contributed by atoms with Gasteiger partial charge in [0.1, 0.15) is 11.6 Å². The van der Waals surface area contributed by atoms with Gasteiger partial charge in [-0.1, -0.05) is 35.3 Å². The van der Waals surface area contributed by atoms with E-state index in [0.717, 1.165) is 12.1 Å². The number of halogens is 4. The normalized spacial score (nSPS) is 11.9. The lowest BCUT2D eigenvalue weighted by molar-refractivity contribution is 0.170.